The molecular formula is C21H31BrO3. The first-order valence-electron chi connectivity index (χ1n) is 10.1. The molecule has 0 spiro atoms. The summed E-state index contributed by atoms with van der Waals surface area (Å²) in [7, 11) is 0. The number of hydrogen-bond donors (Lipinski definition) is 1. The highest BCUT2D eigenvalue weighted by Crippen LogP contribution is 2.66. The average Bonchev–Trinajstić information content (AvgIpc) is 2.91. The van der Waals surface area contributed by atoms with Gasteiger partial charge in [-0.2, -0.15) is 0 Å². The predicted molar refractivity (Wildman–Crippen MR) is 100 cm³/mol. The fourth-order valence-corrected chi connectivity index (χ4v) is 8.06. The van der Waals surface area contributed by atoms with Gasteiger partial charge >= 0.3 is 0 Å². The quantitative estimate of drug-likeness (QED) is 0.695. The number of ketones is 2. The normalized spacial score (nSPS) is 52.2. The summed E-state index contributed by atoms with van der Waals surface area (Å²) in [6, 6.07) is 0. The molecule has 4 saturated carbocycles. The number of Topliss-reactive ketones (excluding diaryl/α,β-unsaturated/α-hetero) is 2. The van der Waals surface area contributed by atoms with Gasteiger partial charge in [0.25, 0.3) is 0 Å². The maximum atomic E-state index is 13.4. The van der Waals surface area contributed by atoms with E-state index in [2.05, 4.69) is 29.8 Å². The Kier molecular flexibility index (Phi) is 4.47. The topological polar surface area (TPSA) is 54.4 Å². The molecule has 4 heteroatoms. The highest BCUT2D eigenvalue weighted by molar-refractivity contribution is 9.09. The molecule has 0 aromatic rings. The average molecular weight is 411 g/mol. The van der Waals surface area contributed by atoms with Crippen molar-refractivity contribution >= 4 is 27.5 Å². The van der Waals surface area contributed by atoms with Crippen LogP contribution in [0.5, 0.6) is 0 Å². The van der Waals surface area contributed by atoms with Crippen LogP contribution in [0, 0.1) is 40.4 Å². The van der Waals surface area contributed by atoms with E-state index < -0.39 is 0 Å². The number of fused-ring (bicyclic) bond motifs is 5. The maximum Gasteiger partial charge on any atom is 0.147 e. The molecule has 25 heavy (non-hydrogen) atoms. The van der Waals surface area contributed by atoms with Crippen molar-refractivity contribution in [1.29, 1.82) is 0 Å². The zero-order chi connectivity index (χ0) is 18.0. The lowest BCUT2D eigenvalue weighted by Gasteiger charge is -2.59. The zero-order valence-corrected chi connectivity index (χ0v) is 17.1. The first kappa shape index (κ1) is 18.2. The van der Waals surface area contributed by atoms with E-state index in [1.54, 1.807) is 0 Å². The number of aliphatic hydroxyl groups is 1. The Morgan fingerprint density at radius 2 is 1.92 bits per heavy atom. The molecule has 0 aromatic heterocycles. The van der Waals surface area contributed by atoms with E-state index in [0.717, 1.165) is 44.9 Å². The van der Waals surface area contributed by atoms with Crippen molar-refractivity contribution in [1.82, 2.24) is 0 Å². The van der Waals surface area contributed by atoms with E-state index in [9.17, 15) is 14.7 Å². The minimum atomic E-state index is -0.175. The SMILES string of the molecule is C[C@]12CC[C@@H](O)C[C@@H]1CC[C@H]1[C@@H]3CC[C@H](C(=O)CBr)[C@@]3(C)CC(=O)[C@@H]12. The van der Waals surface area contributed by atoms with Crippen LogP contribution in [0.15, 0.2) is 0 Å². The second-order valence-corrected chi connectivity index (χ2v) is 10.4. The standard InChI is InChI=1S/C21H31BrO3/c1-20-8-7-13(23)9-12(20)3-4-14-15-5-6-16(18(25)11-22)21(15,2)10-17(24)19(14)20/h12-16,19,23H,3-11H2,1-2H3/t12-,13+,14-,15-,16+,19+,20-,21-/m0/s1. The molecule has 0 heterocycles. The molecule has 0 bridgehead atoms. The van der Waals surface area contributed by atoms with Gasteiger partial charge in [-0.1, -0.05) is 29.8 Å². The Bertz CT molecular complexity index is 590. The van der Waals surface area contributed by atoms with Crippen LogP contribution in [-0.4, -0.2) is 28.1 Å². The van der Waals surface area contributed by atoms with Gasteiger partial charge in [0.05, 0.1) is 11.4 Å². The third-order valence-corrected chi connectivity index (χ3v) is 9.39. The van der Waals surface area contributed by atoms with Gasteiger partial charge in [0.2, 0.25) is 0 Å². The van der Waals surface area contributed by atoms with Crippen LogP contribution in [-0.2, 0) is 9.59 Å². The smallest absolute Gasteiger partial charge is 0.147 e. The first-order chi connectivity index (χ1) is 11.8. The van der Waals surface area contributed by atoms with Crippen molar-refractivity contribution in [2.24, 2.45) is 40.4 Å². The number of rotatable bonds is 2. The Morgan fingerprint density at radius 3 is 2.64 bits per heavy atom. The van der Waals surface area contributed by atoms with E-state index in [1.165, 1.54) is 0 Å². The molecule has 0 radical (unpaired) electrons. The molecule has 0 amide bonds. The summed E-state index contributed by atoms with van der Waals surface area (Å²) in [4.78, 5) is 25.9. The summed E-state index contributed by atoms with van der Waals surface area (Å²) in [5.41, 5.74) is -0.0570. The third kappa shape index (κ3) is 2.53. The Balaban J connectivity index is 1.66. The number of aliphatic hydroxyl groups excluding tert-OH is 1. The van der Waals surface area contributed by atoms with Gasteiger partial charge in [0.15, 0.2) is 0 Å². The molecule has 0 saturated heterocycles. The number of halogens is 1. The van der Waals surface area contributed by atoms with Crippen molar-refractivity contribution in [3.63, 3.8) is 0 Å². The molecule has 0 aromatic carbocycles. The van der Waals surface area contributed by atoms with Crippen molar-refractivity contribution in [2.75, 3.05) is 5.33 Å². The lowest BCUT2D eigenvalue weighted by molar-refractivity contribution is -0.162. The minimum Gasteiger partial charge on any atom is -0.393 e. The van der Waals surface area contributed by atoms with E-state index >= 15 is 0 Å². The molecule has 8 atom stereocenters. The molecular weight excluding hydrogens is 380 g/mol. The van der Waals surface area contributed by atoms with Gasteiger partial charge < -0.3 is 5.11 Å². The van der Waals surface area contributed by atoms with Crippen LogP contribution in [0.4, 0.5) is 0 Å². The van der Waals surface area contributed by atoms with Crippen molar-refractivity contribution in [2.45, 2.75) is 71.3 Å². The Labute approximate surface area is 159 Å². The summed E-state index contributed by atoms with van der Waals surface area (Å²) in [5.74, 6) is 2.39. The van der Waals surface area contributed by atoms with E-state index in [4.69, 9.17) is 0 Å². The van der Waals surface area contributed by atoms with Crippen molar-refractivity contribution < 1.29 is 14.7 Å². The maximum absolute atomic E-state index is 13.4. The number of alkyl halides is 1. The van der Waals surface area contributed by atoms with Crippen LogP contribution >= 0.6 is 15.9 Å². The van der Waals surface area contributed by atoms with Gasteiger partial charge in [-0.25, -0.2) is 0 Å². The van der Waals surface area contributed by atoms with Crippen LogP contribution < -0.4 is 0 Å². The van der Waals surface area contributed by atoms with Gasteiger partial charge in [-0.15, -0.1) is 0 Å². The third-order valence-electron chi connectivity index (χ3n) is 8.84. The molecule has 3 nitrogen and oxygen atoms in total. The summed E-state index contributed by atoms with van der Waals surface area (Å²) in [6.45, 7) is 4.56. The lowest BCUT2D eigenvalue weighted by atomic mass is 9.44. The fraction of sp³-hybridized carbons (Fsp3) is 0.905. The number of carbonyl (C=O) groups excluding carboxylic acids is 2. The Morgan fingerprint density at radius 1 is 1.16 bits per heavy atom. The second-order valence-electron chi connectivity index (χ2n) is 9.84. The molecule has 4 rings (SSSR count). The highest BCUT2D eigenvalue weighted by Gasteiger charge is 2.63. The van der Waals surface area contributed by atoms with Gasteiger partial charge in [0, 0.05) is 18.3 Å². The Hall–Kier alpha value is -0.220. The summed E-state index contributed by atoms with van der Waals surface area (Å²) < 4.78 is 0. The predicted octanol–water partition coefficient (Wildman–Crippen LogP) is 4.15. The van der Waals surface area contributed by atoms with Gasteiger partial charge in [-0.05, 0) is 73.5 Å². The molecule has 4 aliphatic carbocycles. The van der Waals surface area contributed by atoms with E-state index in [1.807, 2.05) is 0 Å². The monoisotopic (exact) mass is 410 g/mol. The molecule has 1 N–H and O–H groups in total. The molecule has 140 valence electrons. The fourth-order valence-electron chi connectivity index (χ4n) is 7.67. The van der Waals surface area contributed by atoms with Crippen LogP contribution in [0.1, 0.15) is 65.2 Å². The number of carbonyl (C=O) groups is 2. The molecule has 4 aliphatic rings. The van der Waals surface area contributed by atoms with Crippen molar-refractivity contribution in [3.8, 4) is 0 Å². The van der Waals surface area contributed by atoms with Crippen LogP contribution in [0.3, 0.4) is 0 Å². The van der Waals surface area contributed by atoms with E-state index in [0.29, 0.717) is 35.3 Å². The van der Waals surface area contributed by atoms with Gasteiger partial charge in [-0.3, -0.25) is 9.59 Å². The summed E-state index contributed by atoms with van der Waals surface area (Å²) in [6.07, 6.45) is 7.44. The lowest BCUT2D eigenvalue weighted by Crippen LogP contribution is -2.58. The van der Waals surface area contributed by atoms with Crippen LogP contribution in [0.2, 0.25) is 0 Å². The number of hydrogen-bond acceptors (Lipinski definition) is 3. The summed E-state index contributed by atoms with van der Waals surface area (Å²) >= 11 is 3.35. The molecule has 4 fully saturated rings. The molecule has 0 aliphatic heterocycles. The van der Waals surface area contributed by atoms with Crippen molar-refractivity contribution in [3.05, 3.63) is 0 Å². The van der Waals surface area contributed by atoms with Crippen LogP contribution in [0.25, 0.3) is 0 Å². The minimum absolute atomic E-state index is 0.0560. The summed E-state index contributed by atoms with van der Waals surface area (Å²) in [5, 5.41) is 10.5. The zero-order valence-electron chi connectivity index (χ0n) is 15.5. The largest absolute Gasteiger partial charge is 0.393 e. The highest BCUT2D eigenvalue weighted by atomic mass is 79.9. The van der Waals surface area contributed by atoms with E-state index in [-0.39, 0.29) is 34.6 Å². The van der Waals surface area contributed by atoms with Gasteiger partial charge in [0.1, 0.15) is 11.6 Å². The second kappa shape index (κ2) is 6.15. The molecule has 0 unspecified atom stereocenters. The first-order valence-corrected chi connectivity index (χ1v) is 11.2.